The van der Waals surface area contributed by atoms with Gasteiger partial charge in [-0.05, 0) is 59.7 Å². The Labute approximate surface area is 296 Å². The van der Waals surface area contributed by atoms with Crippen LogP contribution in [0, 0.1) is 0 Å². The molecule has 0 saturated heterocycles. The van der Waals surface area contributed by atoms with Gasteiger partial charge in [0.25, 0.3) is 0 Å². The molecular formula is C32H28N2O10S5. The largest absolute Gasteiger partial charge is 0.464 e. The highest BCUT2D eigenvalue weighted by molar-refractivity contribution is 8.16. The Kier molecular flexibility index (Phi) is 13.7. The highest BCUT2D eigenvalue weighted by Gasteiger charge is 2.21. The molecule has 0 spiro atoms. The lowest BCUT2D eigenvalue weighted by Crippen LogP contribution is -2.14. The van der Waals surface area contributed by atoms with Gasteiger partial charge in [0, 0.05) is 19.6 Å². The number of thioether (sulfide) groups is 2. The molecule has 0 amide bonds. The molecule has 0 N–H and O–H groups in total. The minimum atomic E-state index is -4.11. The summed E-state index contributed by atoms with van der Waals surface area (Å²) < 4.78 is 68.5. The second-order valence-corrected chi connectivity index (χ2v) is 15.9. The molecule has 0 aliphatic rings. The second kappa shape index (κ2) is 17.9. The number of esters is 2. The van der Waals surface area contributed by atoms with Crippen LogP contribution in [-0.4, -0.2) is 53.1 Å². The number of rotatable bonds is 12. The summed E-state index contributed by atoms with van der Waals surface area (Å²) in [4.78, 5) is 27.4. The Morgan fingerprint density at radius 3 is 1.18 bits per heavy atom. The van der Waals surface area contributed by atoms with Crippen molar-refractivity contribution in [2.45, 2.75) is 31.1 Å². The first kappa shape index (κ1) is 37.5. The van der Waals surface area contributed by atoms with Crippen LogP contribution in [0.15, 0.2) is 139 Å². The van der Waals surface area contributed by atoms with Crippen molar-refractivity contribution in [1.29, 1.82) is 0 Å². The molecule has 0 aromatic heterocycles. The van der Waals surface area contributed by atoms with Gasteiger partial charge in [-0.1, -0.05) is 106 Å². The third-order valence-corrected chi connectivity index (χ3v) is 10.7. The molecular weight excluding hydrogens is 733 g/mol. The zero-order valence-electron chi connectivity index (χ0n) is 25.8. The Morgan fingerprint density at radius 2 is 0.857 bits per heavy atom. The maximum atomic E-state index is 12.4. The van der Waals surface area contributed by atoms with Crippen LogP contribution in [0.3, 0.4) is 0 Å². The zero-order chi connectivity index (χ0) is 35.3. The molecule has 4 rings (SSSR count). The number of benzene rings is 4. The summed E-state index contributed by atoms with van der Waals surface area (Å²) in [7, 11) is -5.93. The van der Waals surface area contributed by atoms with Crippen molar-refractivity contribution in [3.63, 3.8) is 0 Å². The first-order valence-electron chi connectivity index (χ1n) is 13.9. The number of carbonyl (C=O) groups excluding carboxylic acids is 2. The predicted molar refractivity (Wildman–Crippen MR) is 188 cm³/mol. The fourth-order valence-corrected chi connectivity index (χ4v) is 7.74. The number of hydrogen-bond donors (Lipinski definition) is 0. The molecule has 0 aliphatic carbocycles. The van der Waals surface area contributed by atoms with E-state index in [1.54, 1.807) is 109 Å². The second-order valence-electron chi connectivity index (χ2n) is 9.55. The van der Waals surface area contributed by atoms with E-state index in [0.29, 0.717) is 20.9 Å². The lowest BCUT2D eigenvalue weighted by atomic mass is 10.2. The van der Waals surface area contributed by atoms with E-state index in [4.69, 9.17) is 18.0 Å². The third-order valence-electron chi connectivity index (χ3n) is 5.87. The molecule has 49 heavy (non-hydrogen) atoms. The Hall–Kier alpha value is -4.29. The molecule has 256 valence electrons. The van der Waals surface area contributed by atoms with Crippen molar-refractivity contribution in [1.82, 2.24) is 0 Å². The predicted octanol–water partition coefficient (Wildman–Crippen LogP) is 6.09. The first-order valence-corrected chi connectivity index (χ1v) is 19.5. The average molecular weight is 761 g/mol. The summed E-state index contributed by atoms with van der Waals surface area (Å²) in [5.41, 5.74) is 1.01. The molecule has 0 bridgehead atoms. The summed E-state index contributed by atoms with van der Waals surface area (Å²) in [6.07, 6.45) is 0. The standard InChI is InChI=1S/C32H28N2O10S5/c1-41-31(35)29(33-43-48(37,38)21-23-9-5-3-6-10-23)46-27-17-13-25(14-18-27)45-26-15-19-28(20-16-26)47-30(32(36)42-2)34-44-49(39,40)22-24-11-7-4-8-12-24/h3-20H,21-22H2,1-2H3. The van der Waals surface area contributed by atoms with Gasteiger partial charge in [0.2, 0.25) is 10.1 Å². The van der Waals surface area contributed by atoms with Crippen molar-refractivity contribution in [3.8, 4) is 0 Å². The van der Waals surface area contributed by atoms with Crippen molar-refractivity contribution in [2.75, 3.05) is 14.2 Å². The van der Waals surface area contributed by atoms with E-state index in [9.17, 15) is 26.4 Å². The van der Waals surface area contributed by atoms with Gasteiger partial charge < -0.3 is 9.47 Å². The number of hydrogen-bond acceptors (Lipinski definition) is 15. The molecule has 4 aromatic carbocycles. The number of methoxy groups -OCH3 is 2. The Balaban J connectivity index is 1.37. The first-order chi connectivity index (χ1) is 23.4. The van der Waals surface area contributed by atoms with E-state index in [1.165, 1.54) is 11.8 Å². The Morgan fingerprint density at radius 1 is 0.531 bits per heavy atom. The zero-order valence-corrected chi connectivity index (χ0v) is 29.9. The molecule has 12 nitrogen and oxygen atoms in total. The fraction of sp³-hybridized carbons (Fsp3) is 0.125. The number of nitrogens with zero attached hydrogens (tertiary/aromatic N) is 2. The Bertz CT molecular complexity index is 1860. The van der Waals surface area contributed by atoms with E-state index in [2.05, 4.69) is 10.3 Å². The maximum absolute atomic E-state index is 12.4. The van der Waals surface area contributed by atoms with Gasteiger partial charge in [0.1, 0.15) is 11.5 Å². The topological polar surface area (TPSA) is 164 Å². The maximum Gasteiger partial charge on any atom is 0.367 e. The molecule has 0 radical (unpaired) electrons. The third kappa shape index (κ3) is 12.6. The highest BCUT2D eigenvalue weighted by atomic mass is 32.2. The summed E-state index contributed by atoms with van der Waals surface area (Å²) >= 11 is 3.18. The van der Waals surface area contributed by atoms with Crippen LogP contribution >= 0.6 is 35.3 Å². The lowest BCUT2D eigenvalue weighted by molar-refractivity contribution is -0.133. The van der Waals surface area contributed by atoms with E-state index in [0.717, 1.165) is 47.5 Å². The van der Waals surface area contributed by atoms with Gasteiger partial charge in [-0.25, -0.2) is 9.59 Å². The molecule has 0 saturated carbocycles. The fourth-order valence-electron chi connectivity index (χ4n) is 3.67. The van der Waals surface area contributed by atoms with Gasteiger partial charge >= 0.3 is 32.2 Å². The number of oxime groups is 2. The molecule has 4 aromatic rings. The summed E-state index contributed by atoms with van der Waals surface area (Å²) in [5.74, 6) is -2.57. The SMILES string of the molecule is COC(=O)C(=NOS(=O)(=O)Cc1ccccc1)Sc1ccc(Sc2ccc(SC(=NOS(=O)(=O)Cc3ccccc3)C(=O)OC)cc2)cc1. The molecule has 17 heteroatoms. The lowest BCUT2D eigenvalue weighted by Gasteiger charge is -2.08. The minimum Gasteiger partial charge on any atom is -0.464 e. The smallest absolute Gasteiger partial charge is 0.367 e. The van der Waals surface area contributed by atoms with Crippen molar-refractivity contribution in [3.05, 3.63) is 120 Å². The van der Waals surface area contributed by atoms with Crippen molar-refractivity contribution >= 4 is 77.5 Å². The van der Waals surface area contributed by atoms with E-state index in [1.807, 2.05) is 0 Å². The van der Waals surface area contributed by atoms with Crippen LogP contribution in [0.25, 0.3) is 0 Å². The van der Waals surface area contributed by atoms with Gasteiger partial charge in [-0.2, -0.15) is 16.8 Å². The number of ether oxygens (including phenoxy) is 2. The molecule has 0 atom stereocenters. The van der Waals surface area contributed by atoms with Gasteiger partial charge in [-0.15, -0.1) is 0 Å². The van der Waals surface area contributed by atoms with Crippen LogP contribution in [0.2, 0.25) is 0 Å². The van der Waals surface area contributed by atoms with Gasteiger partial charge in [0.05, 0.1) is 14.2 Å². The van der Waals surface area contributed by atoms with Crippen LogP contribution < -0.4 is 0 Å². The van der Waals surface area contributed by atoms with E-state index < -0.39 is 43.7 Å². The van der Waals surface area contributed by atoms with Gasteiger partial charge in [0.15, 0.2) is 0 Å². The number of carbonyl (C=O) groups is 2. The summed E-state index contributed by atoms with van der Waals surface area (Å²) in [5, 5.41) is 6.53. The molecule has 0 heterocycles. The normalized spacial score (nSPS) is 12.2. The average Bonchev–Trinajstić information content (AvgIpc) is 3.09. The quantitative estimate of drug-likeness (QED) is 0.0537. The summed E-state index contributed by atoms with van der Waals surface area (Å²) in [6, 6.07) is 30.9. The monoisotopic (exact) mass is 760 g/mol. The molecule has 0 unspecified atom stereocenters. The van der Waals surface area contributed by atoms with Crippen molar-refractivity contribution in [2.24, 2.45) is 10.3 Å². The van der Waals surface area contributed by atoms with E-state index >= 15 is 0 Å². The van der Waals surface area contributed by atoms with Crippen LogP contribution in [0.4, 0.5) is 0 Å². The van der Waals surface area contributed by atoms with Gasteiger partial charge in [-0.3, -0.25) is 8.57 Å². The minimum absolute atomic E-state index is 0.304. The van der Waals surface area contributed by atoms with Crippen molar-refractivity contribution < 1.29 is 44.5 Å². The summed E-state index contributed by atoms with van der Waals surface area (Å²) in [6.45, 7) is 0. The van der Waals surface area contributed by atoms with Crippen LogP contribution in [-0.2, 0) is 59.4 Å². The molecule has 0 aliphatic heterocycles. The molecule has 0 fully saturated rings. The van der Waals surface area contributed by atoms with Crippen LogP contribution in [0.5, 0.6) is 0 Å². The highest BCUT2D eigenvalue weighted by Crippen LogP contribution is 2.32. The van der Waals surface area contributed by atoms with Crippen LogP contribution in [0.1, 0.15) is 11.1 Å². The van der Waals surface area contributed by atoms with E-state index in [-0.39, 0.29) is 10.1 Å².